The number of aryl methyl sites for hydroxylation is 2. The number of fused-ring (bicyclic) bond motifs is 1. The SMILES string of the molecule is Cc1cscc1C(O)c1cc2c(cc1F)NC(=O)CC2. The molecule has 0 fully saturated rings. The Morgan fingerprint density at radius 3 is 2.80 bits per heavy atom. The number of thiophene rings is 1. The van der Waals surface area contributed by atoms with E-state index in [4.69, 9.17) is 0 Å². The summed E-state index contributed by atoms with van der Waals surface area (Å²) in [6.45, 7) is 1.89. The maximum absolute atomic E-state index is 14.2. The van der Waals surface area contributed by atoms with E-state index in [0.29, 0.717) is 18.5 Å². The highest BCUT2D eigenvalue weighted by Crippen LogP contribution is 2.33. The van der Waals surface area contributed by atoms with Gasteiger partial charge in [0.15, 0.2) is 0 Å². The second kappa shape index (κ2) is 5.00. The lowest BCUT2D eigenvalue weighted by Crippen LogP contribution is -2.20. The molecule has 1 atom stereocenters. The largest absolute Gasteiger partial charge is 0.384 e. The molecule has 3 nitrogen and oxygen atoms in total. The predicted molar refractivity (Wildman–Crippen MR) is 76.5 cm³/mol. The van der Waals surface area contributed by atoms with Gasteiger partial charge in [0.2, 0.25) is 5.91 Å². The van der Waals surface area contributed by atoms with Crippen molar-refractivity contribution in [2.45, 2.75) is 25.9 Å². The molecule has 1 unspecified atom stereocenters. The minimum Gasteiger partial charge on any atom is -0.384 e. The van der Waals surface area contributed by atoms with Crippen LogP contribution >= 0.6 is 11.3 Å². The minimum absolute atomic E-state index is 0.0983. The molecule has 0 radical (unpaired) electrons. The van der Waals surface area contributed by atoms with E-state index >= 15 is 0 Å². The minimum atomic E-state index is -0.968. The fourth-order valence-corrected chi connectivity index (χ4v) is 3.32. The molecule has 0 spiro atoms. The van der Waals surface area contributed by atoms with Gasteiger partial charge in [0, 0.05) is 17.7 Å². The van der Waals surface area contributed by atoms with Crippen LogP contribution in [-0.2, 0) is 11.2 Å². The third-order valence-electron chi connectivity index (χ3n) is 3.60. The van der Waals surface area contributed by atoms with Crippen LogP contribution in [0.3, 0.4) is 0 Å². The molecule has 0 aliphatic carbocycles. The first kappa shape index (κ1) is 13.3. The van der Waals surface area contributed by atoms with E-state index in [1.165, 1.54) is 17.4 Å². The van der Waals surface area contributed by atoms with Gasteiger partial charge in [0.25, 0.3) is 0 Å². The molecule has 5 heteroatoms. The van der Waals surface area contributed by atoms with Crippen molar-refractivity contribution in [3.8, 4) is 0 Å². The maximum atomic E-state index is 14.2. The molecule has 2 aromatic rings. The predicted octanol–water partition coefficient (Wildman–Crippen LogP) is 3.16. The second-order valence-corrected chi connectivity index (χ2v) is 5.74. The number of halogens is 1. The van der Waals surface area contributed by atoms with Crippen LogP contribution in [0, 0.1) is 12.7 Å². The summed E-state index contributed by atoms with van der Waals surface area (Å²) in [6, 6.07) is 2.96. The summed E-state index contributed by atoms with van der Waals surface area (Å²) in [7, 11) is 0. The number of benzene rings is 1. The van der Waals surface area contributed by atoms with E-state index in [9.17, 15) is 14.3 Å². The lowest BCUT2D eigenvalue weighted by Gasteiger charge is -2.20. The highest BCUT2D eigenvalue weighted by atomic mass is 32.1. The first-order valence-electron chi connectivity index (χ1n) is 6.39. The number of amides is 1. The van der Waals surface area contributed by atoms with Gasteiger partial charge in [0.1, 0.15) is 11.9 Å². The molecule has 104 valence electrons. The zero-order chi connectivity index (χ0) is 14.3. The van der Waals surface area contributed by atoms with Crippen molar-refractivity contribution in [2.75, 3.05) is 5.32 Å². The summed E-state index contributed by atoms with van der Waals surface area (Å²) in [5, 5.41) is 16.8. The summed E-state index contributed by atoms with van der Waals surface area (Å²) in [4.78, 5) is 11.3. The summed E-state index contributed by atoms with van der Waals surface area (Å²) < 4.78 is 14.2. The third kappa shape index (κ3) is 2.23. The second-order valence-electron chi connectivity index (χ2n) is 4.99. The molecular weight excluding hydrogens is 277 g/mol. The molecule has 0 saturated carbocycles. The topological polar surface area (TPSA) is 49.3 Å². The first-order valence-corrected chi connectivity index (χ1v) is 7.33. The van der Waals surface area contributed by atoms with E-state index < -0.39 is 11.9 Å². The van der Waals surface area contributed by atoms with Gasteiger partial charge in [-0.05, 0) is 52.9 Å². The summed E-state index contributed by atoms with van der Waals surface area (Å²) >= 11 is 1.48. The van der Waals surface area contributed by atoms with Crippen molar-refractivity contribution < 1.29 is 14.3 Å². The van der Waals surface area contributed by atoms with Crippen LogP contribution in [0.15, 0.2) is 22.9 Å². The molecule has 1 aromatic carbocycles. The normalized spacial score (nSPS) is 15.7. The van der Waals surface area contributed by atoms with Gasteiger partial charge in [-0.2, -0.15) is 11.3 Å². The Morgan fingerprint density at radius 1 is 1.30 bits per heavy atom. The number of hydrogen-bond acceptors (Lipinski definition) is 3. The van der Waals surface area contributed by atoms with Crippen LogP contribution in [0.2, 0.25) is 0 Å². The van der Waals surface area contributed by atoms with Gasteiger partial charge in [-0.15, -0.1) is 0 Å². The monoisotopic (exact) mass is 291 g/mol. The number of carbonyl (C=O) groups is 1. The van der Waals surface area contributed by atoms with E-state index in [1.807, 2.05) is 17.7 Å². The molecule has 2 heterocycles. The van der Waals surface area contributed by atoms with Gasteiger partial charge in [0.05, 0.1) is 0 Å². The van der Waals surface area contributed by atoms with Crippen molar-refractivity contribution in [2.24, 2.45) is 0 Å². The van der Waals surface area contributed by atoms with Crippen molar-refractivity contribution in [1.29, 1.82) is 0 Å². The van der Waals surface area contributed by atoms with Crippen LogP contribution in [0.5, 0.6) is 0 Å². The zero-order valence-corrected chi connectivity index (χ0v) is 11.8. The number of hydrogen-bond donors (Lipinski definition) is 2. The van der Waals surface area contributed by atoms with Crippen molar-refractivity contribution in [1.82, 2.24) is 0 Å². The molecule has 0 saturated heterocycles. The summed E-state index contributed by atoms with van der Waals surface area (Å²) in [5.74, 6) is -0.595. The third-order valence-corrected chi connectivity index (χ3v) is 4.48. The van der Waals surface area contributed by atoms with Crippen molar-refractivity contribution in [3.63, 3.8) is 0 Å². The molecule has 20 heavy (non-hydrogen) atoms. The van der Waals surface area contributed by atoms with Gasteiger partial charge in [-0.25, -0.2) is 4.39 Å². The van der Waals surface area contributed by atoms with Crippen molar-refractivity contribution >= 4 is 22.9 Å². The number of anilines is 1. The Morgan fingerprint density at radius 2 is 2.10 bits per heavy atom. The van der Waals surface area contributed by atoms with Gasteiger partial charge in [-0.3, -0.25) is 4.79 Å². The number of carbonyl (C=O) groups excluding carboxylic acids is 1. The highest BCUT2D eigenvalue weighted by Gasteiger charge is 2.22. The fourth-order valence-electron chi connectivity index (χ4n) is 2.45. The summed E-state index contributed by atoms with van der Waals surface area (Å²) in [5.41, 5.74) is 3.33. The van der Waals surface area contributed by atoms with Crippen LogP contribution in [0.4, 0.5) is 10.1 Å². The number of aliphatic hydroxyl groups excluding tert-OH is 1. The van der Waals surface area contributed by atoms with Crippen LogP contribution in [-0.4, -0.2) is 11.0 Å². The molecule has 0 bridgehead atoms. The van der Waals surface area contributed by atoms with Crippen LogP contribution < -0.4 is 5.32 Å². The molecule has 1 amide bonds. The average molecular weight is 291 g/mol. The molecule has 1 aliphatic rings. The Balaban J connectivity index is 2.02. The quantitative estimate of drug-likeness (QED) is 0.893. The van der Waals surface area contributed by atoms with E-state index in [1.54, 1.807) is 6.07 Å². The van der Waals surface area contributed by atoms with Crippen LogP contribution in [0.1, 0.15) is 34.8 Å². The molecule has 2 N–H and O–H groups in total. The molecule has 1 aliphatic heterocycles. The Bertz CT molecular complexity index is 681. The number of rotatable bonds is 2. The van der Waals surface area contributed by atoms with Gasteiger partial charge >= 0.3 is 0 Å². The van der Waals surface area contributed by atoms with E-state index in [-0.39, 0.29) is 11.5 Å². The first-order chi connectivity index (χ1) is 9.56. The van der Waals surface area contributed by atoms with E-state index in [2.05, 4.69) is 5.32 Å². The van der Waals surface area contributed by atoms with Crippen molar-refractivity contribution in [3.05, 3.63) is 51.0 Å². The molecule has 1 aromatic heterocycles. The fraction of sp³-hybridized carbons (Fsp3) is 0.267. The number of nitrogens with one attached hydrogen (secondary N) is 1. The molecule has 3 rings (SSSR count). The smallest absolute Gasteiger partial charge is 0.224 e. The lowest BCUT2D eigenvalue weighted by molar-refractivity contribution is -0.116. The average Bonchev–Trinajstić information content (AvgIpc) is 2.83. The summed E-state index contributed by atoms with van der Waals surface area (Å²) in [6.07, 6.45) is -0.000663. The highest BCUT2D eigenvalue weighted by molar-refractivity contribution is 7.08. The van der Waals surface area contributed by atoms with Crippen LogP contribution in [0.25, 0.3) is 0 Å². The Kier molecular flexibility index (Phi) is 3.31. The lowest BCUT2D eigenvalue weighted by atomic mass is 9.95. The molecular formula is C15H14FNO2S. The van der Waals surface area contributed by atoms with Gasteiger partial charge in [-0.1, -0.05) is 0 Å². The maximum Gasteiger partial charge on any atom is 0.224 e. The zero-order valence-electron chi connectivity index (χ0n) is 10.9. The standard InChI is InChI=1S/C15H14FNO2S/c1-8-6-20-7-11(8)15(19)10-4-9-2-3-14(18)17-13(9)5-12(10)16/h4-7,15,19H,2-3H2,1H3,(H,17,18). The Labute approximate surface area is 120 Å². The van der Waals surface area contributed by atoms with Gasteiger partial charge < -0.3 is 10.4 Å². The Hall–Kier alpha value is -1.72. The van der Waals surface area contributed by atoms with E-state index in [0.717, 1.165) is 16.7 Å². The number of aliphatic hydroxyl groups is 1.